The van der Waals surface area contributed by atoms with Gasteiger partial charge >= 0.3 is 0 Å². The predicted octanol–water partition coefficient (Wildman–Crippen LogP) is 5.27. The summed E-state index contributed by atoms with van der Waals surface area (Å²) in [7, 11) is -1.63. The molecular weight excluding hydrogens is 264 g/mol. The molecule has 1 atom stereocenters. The summed E-state index contributed by atoms with van der Waals surface area (Å²) in [6, 6.07) is 0. The highest BCUT2D eigenvalue weighted by Crippen LogP contribution is 2.37. The lowest BCUT2D eigenvalue weighted by Crippen LogP contribution is -2.43. The van der Waals surface area contributed by atoms with Crippen LogP contribution in [0.1, 0.15) is 53.4 Å². The van der Waals surface area contributed by atoms with Gasteiger partial charge in [0, 0.05) is 12.5 Å². The maximum Gasteiger partial charge on any atom is 0.192 e. The molecule has 0 fully saturated rings. The van der Waals surface area contributed by atoms with Gasteiger partial charge in [0.25, 0.3) is 0 Å². The lowest BCUT2D eigenvalue weighted by atomic mass is 10.2. The fraction of sp³-hybridized carbons (Fsp3) is 0.706. The third kappa shape index (κ3) is 8.49. The third-order valence-corrected chi connectivity index (χ3v) is 8.48. The summed E-state index contributed by atoms with van der Waals surface area (Å²) < 4.78 is 6.31. The average Bonchev–Trinajstić information content (AvgIpc) is 2.30. The standard InChI is InChI=1S/C17H32O2Si/c1-16(19-20(5,6)17(2,3)4)14-12-10-8-7-9-11-13-15-18/h7-10,15-16H,11-14H2,1-6H3/b9-7+,10-8-/t16-/m0/s1. The van der Waals surface area contributed by atoms with Crippen molar-refractivity contribution in [2.24, 2.45) is 0 Å². The Balaban J connectivity index is 3.94. The molecule has 0 saturated carbocycles. The van der Waals surface area contributed by atoms with Crippen molar-refractivity contribution >= 4 is 14.6 Å². The van der Waals surface area contributed by atoms with Gasteiger partial charge < -0.3 is 9.22 Å². The first-order chi connectivity index (χ1) is 9.20. The molecule has 20 heavy (non-hydrogen) atoms. The molecule has 0 aliphatic carbocycles. The van der Waals surface area contributed by atoms with Gasteiger partial charge in [-0.25, -0.2) is 0 Å². The number of rotatable bonds is 9. The van der Waals surface area contributed by atoms with Crippen LogP contribution in [-0.2, 0) is 9.22 Å². The summed E-state index contributed by atoms with van der Waals surface area (Å²) in [6.45, 7) is 13.6. The van der Waals surface area contributed by atoms with E-state index in [1.807, 2.05) is 12.2 Å². The number of aldehydes is 1. The van der Waals surface area contributed by atoms with E-state index in [1.165, 1.54) is 0 Å². The van der Waals surface area contributed by atoms with Gasteiger partial charge in [0.1, 0.15) is 6.29 Å². The SMILES string of the molecule is C[C@@H](CC/C=C\C=C\CCC=O)O[Si](C)(C)C(C)(C)C. The van der Waals surface area contributed by atoms with E-state index in [2.05, 4.69) is 52.9 Å². The molecule has 3 heteroatoms. The summed E-state index contributed by atoms with van der Waals surface area (Å²) in [5.41, 5.74) is 0. The Morgan fingerprint density at radius 3 is 2.10 bits per heavy atom. The van der Waals surface area contributed by atoms with Crippen molar-refractivity contribution in [3.05, 3.63) is 24.3 Å². The van der Waals surface area contributed by atoms with Gasteiger partial charge in [-0.3, -0.25) is 0 Å². The Bertz CT molecular complexity index is 324. The fourth-order valence-corrected chi connectivity index (χ4v) is 3.06. The molecule has 0 spiro atoms. The van der Waals surface area contributed by atoms with Crippen LogP contribution in [0.25, 0.3) is 0 Å². The van der Waals surface area contributed by atoms with Crippen LogP contribution >= 0.6 is 0 Å². The van der Waals surface area contributed by atoms with Gasteiger partial charge in [-0.05, 0) is 44.3 Å². The van der Waals surface area contributed by atoms with E-state index in [9.17, 15) is 4.79 Å². The molecule has 0 radical (unpaired) electrons. The Hall–Kier alpha value is -0.673. The number of hydrogen-bond donors (Lipinski definition) is 0. The molecule has 0 amide bonds. The van der Waals surface area contributed by atoms with E-state index in [1.54, 1.807) is 0 Å². The molecule has 0 rings (SSSR count). The van der Waals surface area contributed by atoms with Crippen LogP contribution < -0.4 is 0 Å². The van der Waals surface area contributed by atoms with Crippen molar-refractivity contribution in [3.8, 4) is 0 Å². The first-order valence-corrected chi connectivity index (χ1v) is 10.5. The zero-order valence-electron chi connectivity index (χ0n) is 14.1. The van der Waals surface area contributed by atoms with Gasteiger partial charge in [-0.1, -0.05) is 45.1 Å². The maximum absolute atomic E-state index is 10.1. The average molecular weight is 297 g/mol. The highest BCUT2D eigenvalue weighted by molar-refractivity contribution is 6.74. The van der Waals surface area contributed by atoms with E-state index in [0.29, 0.717) is 12.5 Å². The summed E-state index contributed by atoms with van der Waals surface area (Å²) in [6.07, 6.45) is 13.1. The van der Waals surface area contributed by atoms with Crippen LogP contribution in [0.4, 0.5) is 0 Å². The van der Waals surface area contributed by atoms with E-state index in [4.69, 9.17) is 4.43 Å². The van der Waals surface area contributed by atoms with Gasteiger partial charge in [-0.2, -0.15) is 0 Å². The molecule has 0 aromatic rings. The molecule has 0 aliphatic rings. The molecule has 116 valence electrons. The second kappa shape index (κ2) is 9.30. The van der Waals surface area contributed by atoms with Crippen molar-refractivity contribution in [2.45, 2.75) is 77.6 Å². The summed E-state index contributed by atoms with van der Waals surface area (Å²) in [5, 5.41) is 0.276. The first-order valence-electron chi connectivity index (χ1n) is 7.64. The summed E-state index contributed by atoms with van der Waals surface area (Å²) >= 11 is 0. The van der Waals surface area contributed by atoms with Crippen molar-refractivity contribution < 1.29 is 9.22 Å². The molecule has 0 aromatic carbocycles. The van der Waals surface area contributed by atoms with Gasteiger partial charge in [0.05, 0.1) is 0 Å². The molecule has 0 aliphatic heterocycles. The maximum atomic E-state index is 10.1. The molecule has 0 heterocycles. The van der Waals surface area contributed by atoms with Gasteiger partial charge in [0.15, 0.2) is 8.32 Å². The van der Waals surface area contributed by atoms with E-state index >= 15 is 0 Å². The summed E-state index contributed by atoms with van der Waals surface area (Å²) in [4.78, 5) is 10.1. The second-order valence-corrected chi connectivity index (χ2v) is 11.6. The van der Waals surface area contributed by atoms with Crippen molar-refractivity contribution in [3.63, 3.8) is 0 Å². The molecular formula is C17H32O2Si. The third-order valence-electron chi connectivity index (χ3n) is 3.88. The number of hydrogen-bond acceptors (Lipinski definition) is 2. The number of carbonyl (C=O) groups excluding carboxylic acids is 1. The van der Waals surface area contributed by atoms with Crippen LogP contribution in [0.5, 0.6) is 0 Å². The van der Waals surface area contributed by atoms with Gasteiger partial charge in [0.2, 0.25) is 0 Å². The van der Waals surface area contributed by atoms with Crippen molar-refractivity contribution in [1.82, 2.24) is 0 Å². The van der Waals surface area contributed by atoms with E-state index < -0.39 is 8.32 Å². The van der Waals surface area contributed by atoms with E-state index in [-0.39, 0.29) is 5.04 Å². The molecule has 0 N–H and O–H groups in total. The van der Waals surface area contributed by atoms with Crippen LogP contribution in [0.2, 0.25) is 18.1 Å². The number of unbranched alkanes of at least 4 members (excludes halogenated alkanes) is 1. The van der Waals surface area contributed by atoms with Crippen LogP contribution in [0.15, 0.2) is 24.3 Å². The Morgan fingerprint density at radius 1 is 1.05 bits per heavy atom. The van der Waals surface area contributed by atoms with E-state index in [0.717, 1.165) is 25.5 Å². The van der Waals surface area contributed by atoms with Crippen LogP contribution in [0, 0.1) is 0 Å². The highest BCUT2D eigenvalue weighted by Gasteiger charge is 2.38. The Kier molecular flexibility index (Phi) is 8.98. The topological polar surface area (TPSA) is 26.3 Å². The molecule has 2 nitrogen and oxygen atoms in total. The lowest BCUT2D eigenvalue weighted by molar-refractivity contribution is -0.107. The Morgan fingerprint density at radius 2 is 1.60 bits per heavy atom. The van der Waals surface area contributed by atoms with Crippen LogP contribution in [-0.4, -0.2) is 20.7 Å². The largest absolute Gasteiger partial charge is 0.414 e. The normalized spacial score (nSPS) is 15.1. The smallest absolute Gasteiger partial charge is 0.192 e. The van der Waals surface area contributed by atoms with Crippen LogP contribution in [0.3, 0.4) is 0 Å². The fourth-order valence-electron chi connectivity index (χ4n) is 1.58. The first kappa shape index (κ1) is 19.3. The number of allylic oxidation sites excluding steroid dienone is 4. The molecule has 0 unspecified atom stereocenters. The second-order valence-electron chi connectivity index (χ2n) is 6.87. The monoisotopic (exact) mass is 296 g/mol. The minimum absolute atomic E-state index is 0.276. The molecule has 0 bridgehead atoms. The van der Waals surface area contributed by atoms with Crippen molar-refractivity contribution in [2.75, 3.05) is 0 Å². The number of carbonyl (C=O) groups is 1. The zero-order valence-corrected chi connectivity index (χ0v) is 15.1. The molecule has 0 saturated heterocycles. The quantitative estimate of drug-likeness (QED) is 0.251. The highest BCUT2D eigenvalue weighted by atomic mass is 28.4. The zero-order chi connectivity index (χ0) is 15.6. The van der Waals surface area contributed by atoms with Crippen molar-refractivity contribution in [1.29, 1.82) is 0 Å². The molecule has 0 aromatic heterocycles. The predicted molar refractivity (Wildman–Crippen MR) is 90.6 cm³/mol. The van der Waals surface area contributed by atoms with Gasteiger partial charge in [-0.15, -0.1) is 0 Å². The summed E-state index contributed by atoms with van der Waals surface area (Å²) in [5.74, 6) is 0. The lowest BCUT2D eigenvalue weighted by Gasteiger charge is -2.38. The minimum Gasteiger partial charge on any atom is -0.414 e. The Labute approximate surface area is 126 Å². The minimum atomic E-state index is -1.63.